The molecule has 1 N–H and O–H groups in total. The molecule has 110 valence electrons. The Morgan fingerprint density at radius 3 is 2.65 bits per heavy atom. The fourth-order valence-electron chi connectivity index (χ4n) is 1.95. The Bertz CT molecular complexity index is 641. The number of hydrogen-bond acceptors (Lipinski definition) is 4. The standard InChI is InChI=1S/C12H15ClN2O4S/c1-8-6-10(13)11(15(16)17)7-12(8)20(18,19)14-5-4-9-2-3-9/h6-7,9,14H,2-5H2,1H3. The summed E-state index contributed by atoms with van der Waals surface area (Å²) in [5, 5.41) is 10.8. The molecule has 0 heterocycles. The zero-order chi connectivity index (χ0) is 14.9. The first-order valence-electron chi connectivity index (χ1n) is 6.25. The molecule has 2 rings (SSSR count). The third kappa shape index (κ3) is 3.47. The summed E-state index contributed by atoms with van der Waals surface area (Å²) in [6, 6.07) is 2.31. The molecule has 0 amide bonds. The van der Waals surface area contributed by atoms with E-state index in [0.717, 1.165) is 25.3 Å². The van der Waals surface area contributed by atoms with Crippen LogP contribution in [0.15, 0.2) is 17.0 Å². The van der Waals surface area contributed by atoms with Crippen LogP contribution in [0.25, 0.3) is 0 Å². The smallest absolute Gasteiger partial charge is 0.258 e. The first kappa shape index (κ1) is 15.2. The van der Waals surface area contributed by atoms with Crippen molar-refractivity contribution in [3.63, 3.8) is 0 Å². The second-order valence-electron chi connectivity index (χ2n) is 4.96. The molecule has 0 bridgehead atoms. The van der Waals surface area contributed by atoms with Crippen LogP contribution in [0, 0.1) is 23.0 Å². The Hall–Kier alpha value is -1.18. The van der Waals surface area contributed by atoms with Crippen LogP contribution in [0.4, 0.5) is 5.69 Å². The fraction of sp³-hybridized carbons (Fsp3) is 0.500. The van der Waals surface area contributed by atoms with Gasteiger partial charge < -0.3 is 0 Å². The van der Waals surface area contributed by atoms with E-state index in [0.29, 0.717) is 18.0 Å². The number of rotatable bonds is 6. The van der Waals surface area contributed by atoms with Gasteiger partial charge in [0.05, 0.1) is 9.82 Å². The predicted molar refractivity (Wildman–Crippen MR) is 75.4 cm³/mol. The number of nitro groups is 1. The molecule has 0 atom stereocenters. The number of aryl methyl sites for hydroxylation is 1. The lowest BCUT2D eigenvalue weighted by atomic mass is 10.2. The van der Waals surface area contributed by atoms with E-state index in [1.165, 1.54) is 6.07 Å². The highest BCUT2D eigenvalue weighted by molar-refractivity contribution is 7.89. The summed E-state index contributed by atoms with van der Waals surface area (Å²) < 4.78 is 26.8. The normalized spacial score (nSPS) is 15.3. The molecule has 6 nitrogen and oxygen atoms in total. The monoisotopic (exact) mass is 318 g/mol. The maximum atomic E-state index is 12.2. The van der Waals surface area contributed by atoms with Crippen molar-refractivity contribution >= 4 is 27.3 Å². The summed E-state index contributed by atoms with van der Waals surface area (Å²) in [6.45, 7) is 1.91. The number of sulfonamides is 1. The van der Waals surface area contributed by atoms with Crippen molar-refractivity contribution in [2.75, 3.05) is 6.54 Å². The number of nitro benzene ring substituents is 1. The van der Waals surface area contributed by atoms with Crippen LogP contribution in [0.2, 0.25) is 5.02 Å². The molecule has 0 saturated heterocycles. The van der Waals surface area contributed by atoms with Crippen LogP contribution in [0.3, 0.4) is 0 Å². The Labute approximate surface area is 122 Å². The van der Waals surface area contributed by atoms with Gasteiger partial charge in [0.15, 0.2) is 0 Å². The van der Waals surface area contributed by atoms with E-state index in [1.807, 2.05) is 0 Å². The van der Waals surface area contributed by atoms with E-state index in [-0.39, 0.29) is 9.92 Å². The second kappa shape index (κ2) is 5.67. The number of nitrogens with one attached hydrogen (secondary N) is 1. The van der Waals surface area contributed by atoms with Gasteiger partial charge in [-0.15, -0.1) is 0 Å². The molecule has 0 spiro atoms. The zero-order valence-electron chi connectivity index (χ0n) is 10.9. The summed E-state index contributed by atoms with van der Waals surface area (Å²) in [7, 11) is -3.74. The number of halogens is 1. The van der Waals surface area contributed by atoms with Crippen molar-refractivity contribution < 1.29 is 13.3 Å². The molecule has 1 aromatic rings. The van der Waals surface area contributed by atoms with Crippen LogP contribution >= 0.6 is 11.6 Å². The van der Waals surface area contributed by atoms with Crippen molar-refractivity contribution in [1.82, 2.24) is 4.72 Å². The van der Waals surface area contributed by atoms with Crippen molar-refractivity contribution in [1.29, 1.82) is 0 Å². The third-order valence-corrected chi connectivity index (χ3v) is 5.18. The lowest BCUT2D eigenvalue weighted by Gasteiger charge is -2.09. The van der Waals surface area contributed by atoms with Gasteiger partial charge in [0, 0.05) is 12.6 Å². The number of hydrogen-bond donors (Lipinski definition) is 1. The summed E-state index contributed by atoms with van der Waals surface area (Å²) >= 11 is 5.74. The van der Waals surface area contributed by atoms with Crippen LogP contribution < -0.4 is 4.72 Å². The fourth-order valence-corrected chi connectivity index (χ4v) is 3.53. The molecule has 1 aliphatic rings. The lowest BCUT2D eigenvalue weighted by molar-refractivity contribution is -0.384. The summed E-state index contributed by atoms with van der Waals surface area (Å²) in [4.78, 5) is 10.0. The molecule has 1 aliphatic carbocycles. The van der Waals surface area contributed by atoms with Crippen LogP contribution in [0.5, 0.6) is 0 Å². The van der Waals surface area contributed by atoms with Crippen molar-refractivity contribution in [2.24, 2.45) is 5.92 Å². The van der Waals surface area contributed by atoms with Crippen molar-refractivity contribution in [2.45, 2.75) is 31.1 Å². The number of benzene rings is 1. The van der Waals surface area contributed by atoms with Gasteiger partial charge in [0.1, 0.15) is 5.02 Å². The van der Waals surface area contributed by atoms with E-state index in [9.17, 15) is 18.5 Å². The molecule has 0 aliphatic heterocycles. The minimum absolute atomic E-state index is 0.0653. The quantitative estimate of drug-likeness (QED) is 0.645. The van der Waals surface area contributed by atoms with Gasteiger partial charge in [-0.1, -0.05) is 24.4 Å². The molecular weight excluding hydrogens is 304 g/mol. The predicted octanol–water partition coefficient (Wildman–Crippen LogP) is 2.64. The lowest BCUT2D eigenvalue weighted by Crippen LogP contribution is -2.26. The van der Waals surface area contributed by atoms with Crippen LogP contribution in [-0.4, -0.2) is 19.9 Å². The largest absolute Gasteiger partial charge is 0.289 e. The highest BCUT2D eigenvalue weighted by Crippen LogP contribution is 2.32. The Morgan fingerprint density at radius 1 is 1.45 bits per heavy atom. The number of nitrogens with zero attached hydrogens (tertiary/aromatic N) is 1. The summed E-state index contributed by atoms with van der Waals surface area (Å²) in [5.74, 6) is 0.610. The Morgan fingerprint density at radius 2 is 2.10 bits per heavy atom. The highest BCUT2D eigenvalue weighted by Gasteiger charge is 2.25. The molecular formula is C12H15ClN2O4S. The maximum Gasteiger partial charge on any atom is 0.289 e. The van der Waals surface area contributed by atoms with E-state index in [2.05, 4.69) is 4.72 Å². The van der Waals surface area contributed by atoms with Gasteiger partial charge in [-0.2, -0.15) is 0 Å². The van der Waals surface area contributed by atoms with Crippen molar-refractivity contribution in [3.8, 4) is 0 Å². The molecule has 8 heteroatoms. The molecule has 0 radical (unpaired) electrons. The summed E-state index contributed by atoms with van der Waals surface area (Å²) in [6.07, 6.45) is 3.09. The topological polar surface area (TPSA) is 89.3 Å². The Balaban J connectivity index is 2.24. The molecule has 1 aromatic carbocycles. The minimum Gasteiger partial charge on any atom is -0.258 e. The average Bonchev–Trinajstić information content (AvgIpc) is 3.11. The molecule has 1 saturated carbocycles. The van der Waals surface area contributed by atoms with E-state index >= 15 is 0 Å². The van der Waals surface area contributed by atoms with Gasteiger partial charge in [0.2, 0.25) is 10.0 Å². The van der Waals surface area contributed by atoms with E-state index in [1.54, 1.807) is 6.92 Å². The second-order valence-corrected chi connectivity index (χ2v) is 7.10. The molecule has 20 heavy (non-hydrogen) atoms. The van der Waals surface area contributed by atoms with Gasteiger partial charge in [-0.3, -0.25) is 10.1 Å². The van der Waals surface area contributed by atoms with Gasteiger partial charge in [-0.05, 0) is 30.9 Å². The maximum absolute atomic E-state index is 12.2. The van der Waals surface area contributed by atoms with E-state index in [4.69, 9.17) is 11.6 Å². The highest BCUT2D eigenvalue weighted by atomic mass is 35.5. The molecule has 1 fully saturated rings. The third-order valence-electron chi connectivity index (χ3n) is 3.27. The van der Waals surface area contributed by atoms with Crippen LogP contribution in [0.1, 0.15) is 24.8 Å². The summed E-state index contributed by atoms with van der Waals surface area (Å²) in [5.41, 5.74) is -0.0145. The van der Waals surface area contributed by atoms with E-state index < -0.39 is 20.6 Å². The van der Waals surface area contributed by atoms with Gasteiger partial charge in [0.25, 0.3) is 5.69 Å². The van der Waals surface area contributed by atoms with Crippen molar-refractivity contribution in [3.05, 3.63) is 32.8 Å². The first-order chi connectivity index (χ1) is 9.31. The first-order valence-corrected chi connectivity index (χ1v) is 8.11. The van der Waals surface area contributed by atoms with Gasteiger partial charge in [-0.25, -0.2) is 13.1 Å². The minimum atomic E-state index is -3.74. The SMILES string of the molecule is Cc1cc(Cl)c([N+](=O)[O-])cc1S(=O)(=O)NCCC1CC1. The Kier molecular flexibility index (Phi) is 4.31. The average molecular weight is 319 g/mol. The molecule has 0 aromatic heterocycles. The van der Waals surface area contributed by atoms with Gasteiger partial charge >= 0.3 is 0 Å². The zero-order valence-corrected chi connectivity index (χ0v) is 12.5. The van der Waals surface area contributed by atoms with Crippen LogP contribution in [-0.2, 0) is 10.0 Å². The molecule has 0 unspecified atom stereocenters.